The van der Waals surface area contributed by atoms with Crippen LogP contribution in [0.4, 0.5) is 8.78 Å². The van der Waals surface area contributed by atoms with Gasteiger partial charge in [0, 0.05) is 23.7 Å². The van der Waals surface area contributed by atoms with Crippen molar-refractivity contribution in [2.45, 2.75) is 33.0 Å². The molecule has 0 spiro atoms. The van der Waals surface area contributed by atoms with Gasteiger partial charge in [-0.1, -0.05) is 12.1 Å². The van der Waals surface area contributed by atoms with Crippen LogP contribution in [0.15, 0.2) is 30.5 Å². The second-order valence-electron chi connectivity index (χ2n) is 4.42. The number of thiazole rings is 1. The van der Waals surface area contributed by atoms with Crippen LogP contribution in [-0.2, 0) is 6.54 Å². The van der Waals surface area contributed by atoms with Gasteiger partial charge in [-0.2, -0.15) is 8.78 Å². The van der Waals surface area contributed by atoms with Gasteiger partial charge in [0.25, 0.3) is 0 Å². The number of hydrogen-bond acceptors (Lipinski definition) is 4. The molecule has 1 N–H and O–H groups in total. The molecular formula is C14H16F2N2OS. The molecule has 1 heterocycles. The molecule has 0 aliphatic heterocycles. The highest BCUT2D eigenvalue weighted by molar-refractivity contribution is 7.11. The molecule has 1 aromatic carbocycles. The molecule has 0 amide bonds. The molecule has 1 aromatic heterocycles. The van der Waals surface area contributed by atoms with Crippen LogP contribution in [0.2, 0.25) is 0 Å². The minimum Gasteiger partial charge on any atom is -0.435 e. The van der Waals surface area contributed by atoms with E-state index in [0.717, 1.165) is 10.6 Å². The first kappa shape index (κ1) is 14.9. The molecule has 2 rings (SSSR count). The van der Waals surface area contributed by atoms with E-state index in [2.05, 4.69) is 15.0 Å². The molecule has 0 aliphatic rings. The van der Waals surface area contributed by atoms with E-state index in [1.165, 1.54) is 10.9 Å². The lowest BCUT2D eigenvalue weighted by molar-refractivity contribution is -0.0499. The van der Waals surface area contributed by atoms with Crippen molar-refractivity contribution in [3.63, 3.8) is 0 Å². The van der Waals surface area contributed by atoms with Crippen molar-refractivity contribution in [1.29, 1.82) is 0 Å². The Morgan fingerprint density at radius 3 is 2.85 bits per heavy atom. The minimum atomic E-state index is -2.80. The zero-order chi connectivity index (χ0) is 14.5. The Kier molecular flexibility index (Phi) is 5.03. The van der Waals surface area contributed by atoms with Crippen LogP contribution in [0.25, 0.3) is 0 Å². The predicted octanol–water partition coefficient (Wildman–Crippen LogP) is 3.90. The van der Waals surface area contributed by atoms with Crippen molar-refractivity contribution < 1.29 is 13.5 Å². The SMILES string of the molecule is Cc1cnc(CNC(C)c2cccc(OC(F)F)c2)s1. The average molecular weight is 298 g/mol. The van der Waals surface area contributed by atoms with Crippen molar-refractivity contribution in [2.75, 3.05) is 0 Å². The maximum absolute atomic E-state index is 12.2. The maximum Gasteiger partial charge on any atom is 0.387 e. The number of alkyl halides is 2. The van der Waals surface area contributed by atoms with Crippen LogP contribution in [0.3, 0.4) is 0 Å². The predicted molar refractivity (Wildman–Crippen MR) is 75.2 cm³/mol. The van der Waals surface area contributed by atoms with Crippen molar-refractivity contribution in [1.82, 2.24) is 10.3 Å². The van der Waals surface area contributed by atoms with Crippen LogP contribution in [0, 0.1) is 6.92 Å². The molecule has 0 radical (unpaired) electrons. The number of nitrogens with zero attached hydrogens (tertiary/aromatic N) is 1. The third kappa shape index (κ3) is 4.25. The van der Waals surface area contributed by atoms with Gasteiger partial charge in [-0.05, 0) is 31.5 Å². The molecule has 0 saturated carbocycles. The van der Waals surface area contributed by atoms with Crippen LogP contribution in [0.5, 0.6) is 5.75 Å². The lowest BCUT2D eigenvalue weighted by Crippen LogP contribution is -2.18. The molecule has 0 fully saturated rings. The summed E-state index contributed by atoms with van der Waals surface area (Å²) in [6, 6.07) is 6.76. The van der Waals surface area contributed by atoms with E-state index in [4.69, 9.17) is 0 Å². The Balaban J connectivity index is 1.96. The normalized spacial score (nSPS) is 12.7. The van der Waals surface area contributed by atoms with E-state index >= 15 is 0 Å². The van der Waals surface area contributed by atoms with Crippen molar-refractivity contribution in [2.24, 2.45) is 0 Å². The monoisotopic (exact) mass is 298 g/mol. The molecule has 0 aliphatic carbocycles. The summed E-state index contributed by atoms with van der Waals surface area (Å²) in [6.45, 7) is 1.84. The number of aryl methyl sites for hydroxylation is 1. The van der Waals surface area contributed by atoms with Crippen molar-refractivity contribution in [3.8, 4) is 5.75 Å². The third-order valence-corrected chi connectivity index (χ3v) is 3.72. The van der Waals surface area contributed by atoms with E-state index in [1.807, 2.05) is 26.1 Å². The summed E-state index contributed by atoms with van der Waals surface area (Å²) in [7, 11) is 0. The van der Waals surface area contributed by atoms with E-state index in [9.17, 15) is 8.78 Å². The highest BCUT2D eigenvalue weighted by Crippen LogP contribution is 2.21. The smallest absolute Gasteiger partial charge is 0.387 e. The lowest BCUT2D eigenvalue weighted by atomic mass is 10.1. The Bertz CT molecular complexity index is 560. The van der Waals surface area contributed by atoms with Crippen molar-refractivity contribution in [3.05, 3.63) is 45.9 Å². The van der Waals surface area contributed by atoms with Gasteiger partial charge in [0.15, 0.2) is 0 Å². The quantitative estimate of drug-likeness (QED) is 0.878. The molecular weight excluding hydrogens is 282 g/mol. The Hall–Kier alpha value is -1.53. The number of rotatable bonds is 6. The summed E-state index contributed by atoms with van der Waals surface area (Å²) < 4.78 is 28.8. The van der Waals surface area contributed by atoms with Crippen LogP contribution < -0.4 is 10.1 Å². The molecule has 2 aromatic rings. The highest BCUT2D eigenvalue weighted by Gasteiger charge is 2.09. The topological polar surface area (TPSA) is 34.2 Å². The largest absolute Gasteiger partial charge is 0.435 e. The van der Waals surface area contributed by atoms with Gasteiger partial charge in [0.1, 0.15) is 10.8 Å². The molecule has 1 atom stereocenters. The summed E-state index contributed by atoms with van der Waals surface area (Å²) >= 11 is 1.64. The Labute approximate surface area is 120 Å². The first-order valence-corrected chi connectivity index (χ1v) is 7.05. The molecule has 20 heavy (non-hydrogen) atoms. The average Bonchev–Trinajstić information content (AvgIpc) is 2.81. The molecule has 6 heteroatoms. The standard InChI is InChI=1S/C14H16F2N2OS/c1-9-7-18-13(20-9)8-17-10(2)11-4-3-5-12(6-11)19-14(15)16/h3-7,10,14,17H,8H2,1-2H3. The van der Waals surface area contributed by atoms with Gasteiger partial charge in [-0.3, -0.25) is 0 Å². The first-order valence-electron chi connectivity index (χ1n) is 6.24. The summed E-state index contributed by atoms with van der Waals surface area (Å²) in [4.78, 5) is 5.44. The summed E-state index contributed by atoms with van der Waals surface area (Å²) in [5, 5.41) is 4.32. The summed E-state index contributed by atoms with van der Waals surface area (Å²) in [6.07, 6.45) is 1.84. The molecule has 108 valence electrons. The zero-order valence-electron chi connectivity index (χ0n) is 11.3. The highest BCUT2D eigenvalue weighted by atomic mass is 32.1. The van der Waals surface area contributed by atoms with Gasteiger partial charge in [-0.15, -0.1) is 11.3 Å². The number of aromatic nitrogens is 1. The molecule has 3 nitrogen and oxygen atoms in total. The Morgan fingerprint density at radius 1 is 1.40 bits per heavy atom. The second-order valence-corrected chi connectivity index (χ2v) is 5.74. The van der Waals surface area contributed by atoms with Crippen molar-refractivity contribution >= 4 is 11.3 Å². The van der Waals surface area contributed by atoms with Crippen LogP contribution in [0.1, 0.15) is 28.4 Å². The van der Waals surface area contributed by atoms with Crippen LogP contribution in [-0.4, -0.2) is 11.6 Å². The molecule has 1 unspecified atom stereocenters. The molecule has 0 saturated heterocycles. The minimum absolute atomic E-state index is 0.0282. The maximum atomic E-state index is 12.2. The fraction of sp³-hybridized carbons (Fsp3) is 0.357. The van der Waals surface area contributed by atoms with E-state index < -0.39 is 6.61 Å². The number of hydrogen-bond donors (Lipinski definition) is 1. The van der Waals surface area contributed by atoms with Gasteiger partial charge in [0.05, 0.1) is 0 Å². The first-order chi connectivity index (χ1) is 9.54. The number of benzene rings is 1. The number of halogens is 2. The number of nitrogens with one attached hydrogen (secondary N) is 1. The number of ether oxygens (including phenoxy) is 1. The van der Waals surface area contributed by atoms with E-state index in [-0.39, 0.29) is 11.8 Å². The Morgan fingerprint density at radius 2 is 2.20 bits per heavy atom. The molecule has 0 bridgehead atoms. The van der Waals surface area contributed by atoms with Gasteiger partial charge < -0.3 is 10.1 Å². The van der Waals surface area contributed by atoms with Gasteiger partial charge in [0.2, 0.25) is 0 Å². The van der Waals surface area contributed by atoms with E-state index in [0.29, 0.717) is 6.54 Å². The lowest BCUT2D eigenvalue weighted by Gasteiger charge is -2.14. The fourth-order valence-electron chi connectivity index (χ4n) is 1.80. The summed E-state index contributed by atoms with van der Waals surface area (Å²) in [5.41, 5.74) is 0.899. The third-order valence-electron chi connectivity index (χ3n) is 2.81. The zero-order valence-corrected chi connectivity index (χ0v) is 12.1. The van der Waals surface area contributed by atoms with Gasteiger partial charge >= 0.3 is 6.61 Å². The summed E-state index contributed by atoms with van der Waals surface area (Å²) in [5.74, 6) is 0.177. The van der Waals surface area contributed by atoms with E-state index in [1.54, 1.807) is 23.5 Å². The second kappa shape index (κ2) is 6.76. The van der Waals surface area contributed by atoms with Gasteiger partial charge in [-0.25, -0.2) is 4.98 Å². The van der Waals surface area contributed by atoms with Crippen LogP contribution >= 0.6 is 11.3 Å². The fourth-order valence-corrected chi connectivity index (χ4v) is 2.54.